The predicted molar refractivity (Wildman–Crippen MR) is 63.0 cm³/mol. The molecule has 88 valence electrons. The molecule has 1 saturated carbocycles. The molecule has 2 atom stereocenters. The summed E-state index contributed by atoms with van der Waals surface area (Å²) in [6.07, 6.45) is 10.1. The summed E-state index contributed by atoms with van der Waals surface area (Å²) in [6, 6.07) is 0.717. The summed E-state index contributed by atoms with van der Waals surface area (Å²) in [5, 5.41) is 3.67. The van der Waals surface area contributed by atoms with Crippen molar-refractivity contribution in [3.05, 3.63) is 0 Å². The van der Waals surface area contributed by atoms with Crippen LogP contribution in [0.25, 0.3) is 0 Å². The molecule has 2 heteroatoms. The molecule has 0 aromatic heterocycles. The van der Waals surface area contributed by atoms with Gasteiger partial charge in [-0.3, -0.25) is 0 Å². The summed E-state index contributed by atoms with van der Waals surface area (Å²) in [6.45, 7) is 4.48. The van der Waals surface area contributed by atoms with Crippen molar-refractivity contribution in [2.24, 2.45) is 5.92 Å². The molecule has 2 fully saturated rings. The molecule has 1 N–H and O–H groups in total. The number of hydrogen-bond donors (Lipinski definition) is 1. The normalized spacial score (nSPS) is 29.8. The zero-order valence-corrected chi connectivity index (χ0v) is 10.0. The maximum Gasteiger partial charge on any atom is 0.0588 e. The fourth-order valence-electron chi connectivity index (χ4n) is 2.97. The molecule has 15 heavy (non-hydrogen) atoms. The number of rotatable bonds is 5. The SMILES string of the molecule is C[C@H](NCCC1CCCO1)C1CCCC1. The van der Waals surface area contributed by atoms with Crippen molar-refractivity contribution in [2.45, 2.75) is 64.0 Å². The summed E-state index contributed by atoms with van der Waals surface area (Å²) in [5.74, 6) is 0.939. The van der Waals surface area contributed by atoms with Crippen LogP contribution in [0.3, 0.4) is 0 Å². The van der Waals surface area contributed by atoms with Gasteiger partial charge in [-0.2, -0.15) is 0 Å². The maximum atomic E-state index is 5.62. The van der Waals surface area contributed by atoms with Crippen molar-refractivity contribution >= 4 is 0 Å². The van der Waals surface area contributed by atoms with Gasteiger partial charge in [0.1, 0.15) is 0 Å². The van der Waals surface area contributed by atoms with E-state index in [1.54, 1.807) is 0 Å². The van der Waals surface area contributed by atoms with Gasteiger partial charge in [0.25, 0.3) is 0 Å². The number of hydrogen-bond acceptors (Lipinski definition) is 2. The van der Waals surface area contributed by atoms with Gasteiger partial charge < -0.3 is 10.1 Å². The van der Waals surface area contributed by atoms with Gasteiger partial charge in [0.05, 0.1) is 6.10 Å². The van der Waals surface area contributed by atoms with Gasteiger partial charge in [0.15, 0.2) is 0 Å². The first kappa shape index (κ1) is 11.4. The van der Waals surface area contributed by atoms with Crippen LogP contribution in [0.4, 0.5) is 0 Å². The lowest BCUT2D eigenvalue weighted by atomic mass is 9.99. The van der Waals surface area contributed by atoms with E-state index in [4.69, 9.17) is 4.74 Å². The average Bonchev–Trinajstić information content (AvgIpc) is 2.90. The molecule has 1 unspecified atom stereocenters. The highest BCUT2D eigenvalue weighted by Crippen LogP contribution is 2.27. The van der Waals surface area contributed by atoms with Gasteiger partial charge in [-0.05, 0) is 51.5 Å². The van der Waals surface area contributed by atoms with Crippen molar-refractivity contribution in [3.63, 3.8) is 0 Å². The van der Waals surface area contributed by atoms with Gasteiger partial charge in [0, 0.05) is 12.6 Å². The molecule has 0 amide bonds. The second kappa shape index (κ2) is 5.86. The van der Waals surface area contributed by atoms with Crippen LogP contribution in [0.2, 0.25) is 0 Å². The van der Waals surface area contributed by atoms with Crippen LogP contribution in [-0.2, 0) is 4.74 Å². The number of nitrogens with one attached hydrogen (secondary N) is 1. The van der Waals surface area contributed by atoms with Crippen molar-refractivity contribution in [1.29, 1.82) is 0 Å². The Labute approximate surface area is 93.8 Å². The Morgan fingerprint density at radius 3 is 2.67 bits per heavy atom. The molecule has 1 aliphatic carbocycles. The summed E-state index contributed by atoms with van der Waals surface area (Å²) in [7, 11) is 0. The minimum Gasteiger partial charge on any atom is -0.378 e. The molecule has 0 aromatic carbocycles. The van der Waals surface area contributed by atoms with Gasteiger partial charge in [0.2, 0.25) is 0 Å². The Hall–Kier alpha value is -0.0800. The van der Waals surface area contributed by atoms with Crippen molar-refractivity contribution < 1.29 is 4.74 Å². The van der Waals surface area contributed by atoms with Gasteiger partial charge in [-0.25, -0.2) is 0 Å². The highest BCUT2D eigenvalue weighted by molar-refractivity contribution is 4.77. The van der Waals surface area contributed by atoms with Gasteiger partial charge in [-0.1, -0.05) is 12.8 Å². The van der Waals surface area contributed by atoms with E-state index in [1.165, 1.54) is 44.9 Å². The van der Waals surface area contributed by atoms with Crippen LogP contribution >= 0.6 is 0 Å². The predicted octanol–water partition coefficient (Wildman–Crippen LogP) is 2.72. The molecule has 0 aromatic rings. The van der Waals surface area contributed by atoms with Crippen LogP contribution in [0, 0.1) is 5.92 Å². The van der Waals surface area contributed by atoms with Gasteiger partial charge >= 0.3 is 0 Å². The minimum absolute atomic E-state index is 0.549. The smallest absolute Gasteiger partial charge is 0.0588 e. The summed E-state index contributed by atoms with van der Waals surface area (Å²) in [4.78, 5) is 0. The summed E-state index contributed by atoms with van der Waals surface area (Å²) < 4.78 is 5.62. The first-order valence-electron chi connectivity index (χ1n) is 6.71. The van der Waals surface area contributed by atoms with Crippen molar-refractivity contribution in [2.75, 3.05) is 13.2 Å². The van der Waals surface area contributed by atoms with Crippen LogP contribution in [0.1, 0.15) is 51.9 Å². The molecule has 0 bridgehead atoms. The fraction of sp³-hybridized carbons (Fsp3) is 1.00. The number of ether oxygens (including phenoxy) is 1. The molecule has 1 saturated heterocycles. The Morgan fingerprint density at radius 1 is 1.20 bits per heavy atom. The lowest BCUT2D eigenvalue weighted by Gasteiger charge is -2.21. The highest BCUT2D eigenvalue weighted by Gasteiger charge is 2.21. The molecular formula is C13H25NO. The Kier molecular flexibility index (Phi) is 4.45. The minimum atomic E-state index is 0.549. The van der Waals surface area contributed by atoms with E-state index in [0.29, 0.717) is 12.1 Å². The Morgan fingerprint density at radius 2 is 2.00 bits per heavy atom. The van der Waals surface area contributed by atoms with E-state index in [-0.39, 0.29) is 0 Å². The molecule has 0 spiro atoms. The second-order valence-corrected chi connectivity index (χ2v) is 5.21. The Bertz CT molecular complexity index is 171. The van der Waals surface area contributed by atoms with E-state index < -0.39 is 0 Å². The van der Waals surface area contributed by atoms with E-state index >= 15 is 0 Å². The topological polar surface area (TPSA) is 21.3 Å². The average molecular weight is 211 g/mol. The van der Waals surface area contributed by atoms with Crippen LogP contribution < -0.4 is 5.32 Å². The van der Waals surface area contributed by atoms with E-state index in [1.807, 2.05) is 0 Å². The second-order valence-electron chi connectivity index (χ2n) is 5.21. The maximum absolute atomic E-state index is 5.62. The summed E-state index contributed by atoms with van der Waals surface area (Å²) >= 11 is 0. The van der Waals surface area contributed by atoms with E-state index in [0.717, 1.165) is 19.1 Å². The van der Waals surface area contributed by atoms with Gasteiger partial charge in [-0.15, -0.1) is 0 Å². The van der Waals surface area contributed by atoms with Crippen molar-refractivity contribution in [1.82, 2.24) is 5.32 Å². The largest absolute Gasteiger partial charge is 0.378 e. The summed E-state index contributed by atoms with van der Waals surface area (Å²) in [5.41, 5.74) is 0. The zero-order valence-electron chi connectivity index (χ0n) is 10.0. The lowest BCUT2D eigenvalue weighted by molar-refractivity contribution is 0.103. The molecule has 1 aliphatic heterocycles. The zero-order chi connectivity index (χ0) is 10.5. The standard InChI is InChI=1S/C13H25NO/c1-11(12-5-2-3-6-12)14-9-8-13-7-4-10-15-13/h11-14H,2-10H2,1H3/t11-,13?/m0/s1. The molecule has 0 radical (unpaired) electrons. The third-order valence-electron chi connectivity index (χ3n) is 4.06. The van der Waals surface area contributed by atoms with Crippen molar-refractivity contribution in [3.8, 4) is 0 Å². The third-order valence-corrected chi connectivity index (χ3v) is 4.06. The fourth-order valence-corrected chi connectivity index (χ4v) is 2.97. The highest BCUT2D eigenvalue weighted by atomic mass is 16.5. The molecular weight excluding hydrogens is 186 g/mol. The van der Waals surface area contributed by atoms with Crippen LogP contribution in [-0.4, -0.2) is 25.3 Å². The van der Waals surface area contributed by atoms with Crippen LogP contribution in [0.15, 0.2) is 0 Å². The third kappa shape index (κ3) is 3.46. The first-order valence-corrected chi connectivity index (χ1v) is 6.71. The molecule has 1 heterocycles. The molecule has 2 nitrogen and oxygen atoms in total. The lowest BCUT2D eigenvalue weighted by Crippen LogP contribution is -2.34. The quantitative estimate of drug-likeness (QED) is 0.755. The van der Waals surface area contributed by atoms with Crippen LogP contribution in [0.5, 0.6) is 0 Å². The monoisotopic (exact) mass is 211 g/mol. The molecule has 2 aliphatic rings. The van der Waals surface area contributed by atoms with E-state index in [9.17, 15) is 0 Å². The van der Waals surface area contributed by atoms with E-state index in [2.05, 4.69) is 12.2 Å². The molecule has 2 rings (SSSR count). The first-order chi connectivity index (χ1) is 7.36. The Balaban J connectivity index is 1.56.